The minimum atomic E-state index is 0.571. The van der Waals surface area contributed by atoms with E-state index in [2.05, 4.69) is 41.0 Å². The van der Waals surface area contributed by atoms with Crippen molar-refractivity contribution in [3.8, 4) is 0 Å². The average Bonchev–Trinajstić information content (AvgIpc) is 2.38. The van der Waals surface area contributed by atoms with Gasteiger partial charge in [0.15, 0.2) is 0 Å². The molecule has 1 aliphatic rings. The van der Waals surface area contributed by atoms with Gasteiger partial charge in [-0.1, -0.05) is 6.07 Å². The molecule has 100 valence electrons. The van der Waals surface area contributed by atoms with Crippen LogP contribution in [0, 0.1) is 6.92 Å². The molecule has 1 aromatic heterocycles. The summed E-state index contributed by atoms with van der Waals surface area (Å²) in [4.78, 5) is 9.38. The summed E-state index contributed by atoms with van der Waals surface area (Å²) in [6, 6.07) is 4.92. The third-order valence-corrected chi connectivity index (χ3v) is 3.92. The summed E-state index contributed by atoms with van der Waals surface area (Å²) in [6.07, 6.45) is 2.43. The lowest BCUT2D eigenvalue weighted by Gasteiger charge is -2.36. The number of aromatic nitrogens is 1. The minimum absolute atomic E-state index is 0.571. The Bertz CT molecular complexity index is 395. The van der Waals surface area contributed by atoms with E-state index >= 15 is 0 Å². The second-order valence-corrected chi connectivity index (χ2v) is 5.30. The average molecular weight is 248 g/mol. The number of nitrogens with two attached hydrogens (primary N) is 1. The molecule has 0 atom stereocenters. The molecular formula is C14H24N4. The fourth-order valence-electron chi connectivity index (χ4n) is 2.58. The molecule has 1 aliphatic heterocycles. The Morgan fingerprint density at radius 3 is 2.50 bits per heavy atom. The SMILES string of the molecule is Cc1nc(N2CCC(N(C)C)CC2)ccc1CN. The smallest absolute Gasteiger partial charge is 0.128 e. The van der Waals surface area contributed by atoms with Gasteiger partial charge in [-0.25, -0.2) is 4.98 Å². The molecule has 1 fully saturated rings. The molecule has 0 radical (unpaired) electrons. The highest BCUT2D eigenvalue weighted by atomic mass is 15.2. The summed E-state index contributed by atoms with van der Waals surface area (Å²) in [5, 5.41) is 0. The lowest BCUT2D eigenvalue weighted by molar-refractivity contribution is 0.249. The lowest BCUT2D eigenvalue weighted by Crippen LogP contribution is -2.42. The van der Waals surface area contributed by atoms with E-state index in [9.17, 15) is 0 Å². The van der Waals surface area contributed by atoms with Crippen LogP contribution in [-0.2, 0) is 6.54 Å². The maximum absolute atomic E-state index is 5.67. The molecule has 0 aromatic carbocycles. The molecule has 1 saturated heterocycles. The maximum atomic E-state index is 5.67. The summed E-state index contributed by atoms with van der Waals surface area (Å²) >= 11 is 0. The Labute approximate surface area is 110 Å². The van der Waals surface area contributed by atoms with Gasteiger partial charge in [-0.15, -0.1) is 0 Å². The zero-order chi connectivity index (χ0) is 13.1. The molecule has 4 nitrogen and oxygen atoms in total. The zero-order valence-corrected chi connectivity index (χ0v) is 11.7. The molecule has 2 heterocycles. The molecule has 2 N–H and O–H groups in total. The van der Waals surface area contributed by atoms with Crippen molar-refractivity contribution in [2.45, 2.75) is 32.4 Å². The highest BCUT2D eigenvalue weighted by Gasteiger charge is 2.21. The van der Waals surface area contributed by atoms with Crippen LogP contribution in [0.3, 0.4) is 0 Å². The van der Waals surface area contributed by atoms with E-state index < -0.39 is 0 Å². The molecule has 1 aromatic rings. The Balaban J connectivity index is 2.03. The molecule has 0 amide bonds. The fourth-order valence-corrected chi connectivity index (χ4v) is 2.58. The first-order valence-corrected chi connectivity index (χ1v) is 6.69. The van der Waals surface area contributed by atoms with Gasteiger partial charge in [-0.2, -0.15) is 0 Å². The molecule has 0 saturated carbocycles. The van der Waals surface area contributed by atoms with E-state index in [0.717, 1.165) is 30.2 Å². The number of piperidine rings is 1. The van der Waals surface area contributed by atoms with Gasteiger partial charge in [0, 0.05) is 31.4 Å². The van der Waals surface area contributed by atoms with E-state index in [1.807, 2.05) is 6.92 Å². The van der Waals surface area contributed by atoms with Crippen molar-refractivity contribution in [1.82, 2.24) is 9.88 Å². The van der Waals surface area contributed by atoms with Gasteiger partial charge in [-0.3, -0.25) is 0 Å². The Morgan fingerprint density at radius 2 is 2.00 bits per heavy atom. The largest absolute Gasteiger partial charge is 0.356 e. The highest BCUT2D eigenvalue weighted by Crippen LogP contribution is 2.21. The van der Waals surface area contributed by atoms with Crippen LogP contribution in [0.4, 0.5) is 5.82 Å². The van der Waals surface area contributed by atoms with Crippen LogP contribution in [-0.4, -0.2) is 43.1 Å². The summed E-state index contributed by atoms with van der Waals surface area (Å²) < 4.78 is 0. The molecule has 4 heteroatoms. The molecule has 0 aliphatic carbocycles. The van der Waals surface area contributed by atoms with E-state index in [1.54, 1.807) is 0 Å². The zero-order valence-electron chi connectivity index (χ0n) is 11.7. The van der Waals surface area contributed by atoms with Crippen LogP contribution < -0.4 is 10.6 Å². The van der Waals surface area contributed by atoms with Gasteiger partial charge < -0.3 is 15.5 Å². The molecule has 0 bridgehead atoms. The first-order chi connectivity index (χ1) is 8.61. The highest BCUT2D eigenvalue weighted by molar-refractivity contribution is 5.42. The van der Waals surface area contributed by atoms with Crippen LogP contribution in [0.15, 0.2) is 12.1 Å². The van der Waals surface area contributed by atoms with E-state index in [-0.39, 0.29) is 0 Å². The number of pyridine rings is 1. The molecule has 0 spiro atoms. The Kier molecular flexibility index (Phi) is 4.19. The van der Waals surface area contributed by atoms with Crippen molar-refractivity contribution >= 4 is 5.82 Å². The minimum Gasteiger partial charge on any atom is -0.356 e. The number of hydrogen-bond acceptors (Lipinski definition) is 4. The first-order valence-electron chi connectivity index (χ1n) is 6.69. The van der Waals surface area contributed by atoms with Gasteiger partial charge in [0.25, 0.3) is 0 Å². The van der Waals surface area contributed by atoms with Gasteiger partial charge >= 0.3 is 0 Å². The van der Waals surface area contributed by atoms with Gasteiger partial charge in [-0.05, 0) is 45.5 Å². The Morgan fingerprint density at radius 1 is 1.33 bits per heavy atom. The van der Waals surface area contributed by atoms with Crippen molar-refractivity contribution in [2.24, 2.45) is 5.73 Å². The Hall–Kier alpha value is -1.13. The maximum Gasteiger partial charge on any atom is 0.128 e. The van der Waals surface area contributed by atoms with Crippen LogP contribution in [0.25, 0.3) is 0 Å². The standard InChI is InChI=1S/C14H24N4/c1-11-12(10-15)4-5-14(16-11)18-8-6-13(7-9-18)17(2)3/h4-5,13H,6-10,15H2,1-3H3. The topological polar surface area (TPSA) is 45.4 Å². The predicted octanol–water partition coefficient (Wildman–Crippen LogP) is 1.38. The van der Waals surface area contributed by atoms with Crippen molar-refractivity contribution in [1.29, 1.82) is 0 Å². The fraction of sp³-hybridized carbons (Fsp3) is 0.643. The number of aryl methyl sites for hydroxylation is 1. The quantitative estimate of drug-likeness (QED) is 0.878. The number of anilines is 1. The van der Waals surface area contributed by atoms with E-state index in [1.165, 1.54) is 12.8 Å². The number of rotatable bonds is 3. The van der Waals surface area contributed by atoms with Crippen LogP contribution in [0.2, 0.25) is 0 Å². The van der Waals surface area contributed by atoms with E-state index in [0.29, 0.717) is 12.6 Å². The summed E-state index contributed by atoms with van der Waals surface area (Å²) in [5.74, 6) is 1.10. The lowest BCUT2D eigenvalue weighted by atomic mass is 10.0. The molecule has 18 heavy (non-hydrogen) atoms. The van der Waals surface area contributed by atoms with Gasteiger partial charge in [0.1, 0.15) is 5.82 Å². The van der Waals surface area contributed by atoms with Gasteiger partial charge in [0.2, 0.25) is 0 Å². The van der Waals surface area contributed by atoms with Gasteiger partial charge in [0.05, 0.1) is 0 Å². The predicted molar refractivity (Wildman–Crippen MR) is 75.8 cm³/mol. The monoisotopic (exact) mass is 248 g/mol. The molecule has 2 rings (SSSR count). The van der Waals surface area contributed by atoms with Crippen molar-refractivity contribution in [3.63, 3.8) is 0 Å². The van der Waals surface area contributed by atoms with Crippen LogP contribution in [0.5, 0.6) is 0 Å². The second kappa shape index (κ2) is 5.67. The summed E-state index contributed by atoms with van der Waals surface area (Å²) in [7, 11) is 4.33. The van der Waals surface area contributed by atoms with Crippen LogP contribution >= 0.6 is 0 Å². The summed E-state index contributed by atoms with van der Waals surface area (Å²) in [5.41, 5.74) is 7.87. The van der Waals surface area contributed by atoms with E-state index in [4.69, 9.17) is 5.73 Å². The van der Waals surface area contributed by atoms with Crippen molar-refractivity contribution < 1.29 is 0 Å². The van der Waals surface area contributed by atoms with Crippen molar-refractivity contribution in [2.75, 3.05) is 32.1 Å². The first kappa shape index (κ1) is 13.3. The third kappa shape index (κ3) is 2.82. The number of hydrogen-bond donors (Lipinski definition) is 1. The van der Waals surface area contributed by atoms with Crippen molar-refractivity contribution in [3.05, 3.63) is 23.4 Å². The third-order valence-electron chi connectivity index (χ3n) is 3.92. The van der Waals surface area contributed by atoms with Crippen LogP contribution in [0.1, 0.15) is 24.1 Å². The number of nitrogens with zero attached hydrogens (tertiary/aromatic N) is 3. The summed E-state index contributed by atoms with van der Waals surface area (Å²) in [6.45, 7) is 4.80. The molecule has 0 unspecified atom stereocenters. The second-order valence-electron chi connectivity index (χ2n) is 5.30. The molecular weight excluding hydrogens is 224 g/mol. The normalized spacial score (nSPS) is 17.5.